The van der Waals surface area contributed by atoms with E-state index in [9.17, 15) is 0 Å². The maximum atomic E-state index is 5.85. The van der Waals surface area contributed by atoms with Gasteiger partial charge in [0.2, 0.25) is 8.32 Å². The molecule has 1 nitrogen and oxygen atoms in total. The second kappa shape index (κ2) is 8.47. The van der Waals surface area contributed by atoms with Crippen molar-refractivity contribution in [1.29, 1.82) is 0 Å². The molecular formula is C27H28BOSi-. The Kier molecular flexibility index (Phi) is 5.76. The summed E-state index contributed by atoms with van der Waals surface area (Å²) in [4.78, 5) is 0. The molecule has 3 heteroatoms. The Labute approximate surface area is 181 Å². The molecule has 0 atom stereocenters. The van der Waals surface area contributed by atoms with Crippen LogP contribution in [0.15, 0.2) is 115 Å². The average molecular weight is 407 g/mol. The summed E-state index contributed by atoms with van der Waals surface area (Å²) in [6.45, 7) is 4.48. The zero-order valence-corrected chi connectivity index (χ0v) is 19.0. The topological polar surface area (TPSA) is 9.23 Å². The lowest BCUT2D eigenvalue weighted by atomic mass is 9.13. The number of rotatable bonds is 6. The van der Waals surface area contributed by atoms with Crippen molar-refractivity contribution in [2.45, 2.75) is 13.1 Å². The van der Waals surface area contributed by atoms with Gasteiger partial charge >= 0.3 is 0 Å². The summed E-state index contributed by atoms with van der Waals surface area (Å²) in [7, 11) is -0.0407. The SMILES string of the molecule is CO[Si](C)(C)c1ccc([B-](c2ccccc2)(c2ccccc2)c2ccccc2)cc1. The first-order valence-electron chi connectivity index (χ1n) is 10.6. The van der Waals surface area contributed by atoms with Gasteiger partial charge in [0.05, 0.1) is 0 Å². The molecule has 0 aliphatic carbocycles. The van der Waals surface area contributed by atoms with Crippen molar-refractivity contribution >= 4 is 41.5 Å². The molecule has 150 valence electrons. The third-order valence-electron chi connectivity index (χ3n) is 6.51. The zero-order valence-electron chi connectivity index (χ0n) is 18.0. The maximum absolute atomic E-state index is 5.85. The van der Waals surface area contributed by atoms with Crippen LogP contribution in [0.5, 0.6) is 0 Å². The predicted octanol–water partition coefficient (Wildman–Crippen LogP) is 3.12. The summed E-state index contributed by atoms with van der Waals surface area (Å²) in [5.74, 6) is 0. The monoisotopic (exact) mass is 407 g/mol. The average Bonchev–Trinajstić information content (AvgIpc) is 2.82. The molecule has 0 heterocycles. The fourth-order valence-electron chi connectivity index (χ4n) is 4.67. The van der Waals surface area contributed by atoms with Crippen molar-refractivity contribution < 1.29 is 4.43 Å². The number of hydrogen-bond donors (Lipinski definition) is 0. The largest absolute Gasteiger partial charge is 0.416 e. The molecule has 0 spiro atoms. The molecule has 0 saturated heterocycles. The van der Waals surface area contributed by atoms with E-state index in [0.29, 0.717) is 0 Å². The Morgan fingerprint density at radius 2 is 0.833 bits per heavy atom. The molecule has 0 amide bonds. The summed E-state index contributed by atoms with van der Waals surface area (Å²) >= 11 is 0. The minimum atomic E-state index is -1.87. The molecule has 0 aromatic heterocycles. The molecule has 4 aromatic carbocycles. The minimum Gasteiger partial charge on any atom is -0.416 e. The fourth-order valence-corrected chi connectivity index (χ4v) is 5.88. The third kappa shape index (κ3) is 3.56. The van der Waals surface area contributed by atoms with Gasteiger partial charge in [0.25, 0.3) is 0 Å². The van der Waals surface area contributed by atoms with E-state index in [4.69, 9.17) is 4.43 Å². The summed E-state index contributed by atoms with van der Waals surface area (Å²) in [6, 6.07) is 41.9. The molecule has 0 saturated carbocycles. The lowest BCUT2D eigenvalue weighted by molar-refractivity contribution is 0.416. The van der Waals surface area contributed by atoms with Gasteiger partial charge in [-0.2, -0.15) is 21.9 Å². The summed E-state index contributed by atoms with van der Waals surface area (Å²) in [6.07, 6.45) is -1.30. The Balaban J connectivity index is 2.03. The lowest BCUT2D eigenvalue weighted by Gasteiger charge is -2.44. The molecular weight excluding hydrogens is 379 g/mol. The van der Waals surface area contributed by atoms with Crippen molar-refractivity contribution in [2.24, 2.45) is 0 Å². The summed E-state index contributed by atoms with van der Waals surface area (Å²) in [5.41, 5.74) is 5.30. The van der Waals surface area contributed by atoms with Gasteiger partial charge in [0.1, 0.15) is 6.15 Å². The van der Waals surface area contributed by atoms with Crippen LogP contribution in [-0.2, 0) is 4.43 Å². The Morgan fingerprint density at radius 1 is 0.500 bits per heavy atom. The second-order valence-corrected chi connectivity index (χ2v) is 12.4. The molecule has 4 rings (SSSR count). The third-order valence-corrected chi connectivity index (χ3v) is 9.26. The quantitative estimate of drug-likeness (QED) is 0.447. The highest BCUT2D eigenvalue weighted by atomic mass is 28.4. The van der Waals surface area contributed by atoms with Gasteiger partial charge < -0.3 is 4.43 Å². The summed E-state index contributed by atoms with van der Waals surface area (Å²) < 4.78 is 5.85. The van der Waals surface area contributed by atoms with Crippen LogP contribution in [0.1, 0.15) is 0 Å². The van der Waals surface area contributed by atoms with E-state index in [-0.39, 0.29) is 0 Å². The normalized spacial score (nSPS) is 12.0. The van der Waals surface area contributed by atoms with Crippen molar-refractivity contribution in [1.82, 2.24) is 0 Å². The summed E-state index contributed by atoms with van der Waals surface area (Å²) in [5, 5.41) is 1.31. The van der Waals surface area contributed by atoms with Crippen LogP contribution in [0.25, 0.3) is 0 Å². The van der Waals surface area contributed by atoms with Crippen molar-refractivity contribution in [3.8, 4) is 0 Å². The van der Waals surface area contributed by atoms with E-state index in [0.717, 1.165) is 0 Å². The van der Waals surface area contributed by atoms with E-state index in [2.05, 4.69) is 128 Å². The molecule has 30 heavy (non-hydrogen) atoms. The van der Waals surface area contributed by atoms with Crippen LogP contribution < -0.4 is 27.0 Å². The van der Waals surface area contributed by atoms with E-state index in [1.165, 1.54) is 27.0 Å². The van der Waals surface area contributed by atoms with Gasteiger partial charge in [-0.1, -0.05) is 115 Å². The molecule has 0 aliphatic heterocycles. The minimum absolute atomic E-state index is 1.30. The predicted molar refractivity (Wildman–Crippen MR) is 134 cm³/mol. The van der Waals surface area contributed by atoms with Crippen LogP contribution in [0, 0.1) is 0 Å². The Hall–Kier alpha value is -2.88. The van der Waals surface area contributed by atoms with E-state index in [1.807, 2.05) is 7.11 Å². The molecule has 0 radical (unpaired) electrons. The van der Waals surface area contributed by atoms with Crippen LogP contribution in [0.2, 0.25) is 13.1 Å². The molecule has 0 fully saturated rings. The molecule has 0 unspecified atom stereocenters. The van der Waals surface area contributed by atoms with Gasteiger partial charge in [-0.15, -0.1) is 0 Å². The highest BCUT2D eigenvalue weighted by Gasteiger charge is 2.32. The zero-order chi connectivity index (χ0) is 21.0. The Morgan fingerprint density at radius 3 is 1.17 bits per heavy atom. The number of hydrogen-bond acceptors (Lipinski definition) is 1. The Bertz CT molecular complexity index is 981. The first kappa shape index (κ1) is 20.4. The standard InChI is InChI=1S/C27H28BOSi/c1-29-30(2,3)27-21-19-26(20-22-27)28(23-13-7-4-8-14-23,24-15-9-5-10-16-24)25-17-11-6-12-18-25/h4-22H,1-3H3/q-1. The smallest absolute Gasteiger partial charge is 0.217 e. The van der Waals surface area contributed by atoms with Gasteiger partial charge in [-0.25, -0.2) is 0 Å². The maximum Gasteiger partial charge on any atom is 0.217 e. The molecule has 0 N–H and O–H groups in total. The first-order chi connectivity index (χ1) is 14.6. The fraction of sp³-hybridized carbons (Fsp3) is 0.111. The highest BCUT2D eigenvalue weighted by molar-refractivity contribution is 7.19. The van der Waals surface area contributed by atoms with Gasteiger partial charge in [-0.3, -0.25) is 0 Å². The van der Waals surface area contributed by atoms with E-state index >= 15 is 0 Å². The van der Waals surface area contributed by atoms with Crippen molar-refractivity contribution in [3.05, 3.63) is 115 Å². The van der Waals surface area contributed by atoms with Crippen LogP contribution in [0.4, 0.5) is 0 Å². The van der Waals surface area contributed by atoms with Crippen molar-refractivity contribution in [3.63, 3.8) is 0 Å². The van der Waals surface area contributed by atoms with Gasteiger partial charge in [0.15, 0.2) is 0 Å². The molecule has 0 bridgehead atoms. The van der Waals surface area contributed by atoms with E-state index < -0.39 is 14.5 Å². The lowest BCUT2D eigenvalue weighted by Crippen LogP contribution is -2.74. The molecule has 4 aromatic rings. The first-order valence-corrected chi connectivity index (χ1v) is 13.5. The van der Waals surface area contributed by atoms with Crippen molar-refractivity contribution in [2.75, 3.05) is 7.11 Å². The van der Waals surface area contributed by atoms with E-state index in [1.54, 1.807) is 0 Å². The van der Waals surface area contributed by atoms with Crippen LogP contribution in [0.3, 0.4) is 0 Å². The number of benzene rings is 4. The molecule has 0 aliphatic rings. The highest BCUT2D eigenvalue weighted by Crippen LogP contribution is 2.10. The van der Waals surface area contributed by atoms with Crippen LogP contribution in [-0.4, -0.2) is 21.6 Å². The van der Waals surface area contributed by atoms with Gasteiger partial charge in [0, 0.05) is 7.11 Å². The second-order valence-electron chi connectivity index (χ2n) is 8.43. The van der Waals surface area contributed by atoms with Gasteiger partial charge in [-0.05, 0) is 18.3 Å². The van der Waals surface area contributed by atoms with Crippen LogP contribution >= 0.6 is 0 Å².